The smallest absolute Gasteiger partial charge is 0.260 e. The van der Waals surface area contributed by atoms with Crippen LogP contribution in [0.4, 0.5) is 11.4 Å². The SMILES string of the molecule is CN1CCN(CC(=O)N(O)Cc2ccc(Nc3ccc(OC4CCCCC4)cc3)cc2)CC1. The molecule has 33 heavy (non-hydrogen) atoms. The van der Waals surface area contributed by atoms with Crippen molar-refractivity contribution in [2.45, 2.75) is 44.8 Å². The molecule has 1 aliphatic carbocycles. The molecule has 0 bridgehead atoms. The Morgan fingerprint density at radius 1 is 0.970 bits per heavy atom. The van der Waals surface area contributed by atoms with Crippen LogP contribution in [0.5, 0.6) is 5.75 Å². The zero-order chi connectivity index (χ0) is 23.0. The van der Waals surface area contributed by atoms with Gasteiger partial charge in [0, 0.05) is 37.6 Å². The fourth-order valence-corrected chi connectivity index (χ4v) is 4.39. The number of hydroxylamine groups is 2. The molecule has 2 aromatic carbocycles. The van der Waals surface area contributed by atoms with E-state index in [0.29, 0.717) is 6.10 Å². The number of anilines is 2. The highest BCUT2D eigenvalue weighted by Crippen LogP contribution is 2.25. The van der Waals surface area contributed by atoms with Gasteiger partial charge in [-0.25, -0.2) is 5.06 Å². The van der Waals surface area contributed by atoms with E-state index < -0.39 is 0 Å². The van der Waals surface area contributed by atoms with Gasteiger partial charge < -0.3 is 15.0 Å². The van der Waals surface area contributed by atoms with Crippen LogP contribution in [0.25, 0.3) is 0 Å². The van der Waals surface area contributed by atoms with Gasteiger partial charge in [-0.2, -0.15) is 0 Å². The molecular weight excluding hydrogens is 416 g/mol. The highest BCUT2D eigenvalue weighted by molar-refractivity contribution is 5.77. The Balaban J connectivity index is 1.23. The minimum atomic E-state index is -0.266. The molecule has 1 heterocycles. The van der Waals surface area contributed by atoms with E-state index in [1.807, 2.05) is 48.5 Å². The first-order chi connectivity index (χ1) is 16.0. The van der Waals surface area contributed by atoms with Crippen molar-refractivity contribution >= 4 is 17.3 Å². The highest BCUT2D eigenvalue weighted by Gasteiger charge is 2.20. The Morgan fingerprint density at radius 3 is 2.21 bits per heavy atom. The molecule has 2 aromatic rings. The number of hydrogen-bond acceptors (Lipinski definition) is 6. The van der Waals surface area contributed by atoms with Crippen molar-refractivity contribution in [3.05, 3.63) is 54.1 Å². The zero-order valence-electron chi connectivity index (χ0n) is 19.6. The van der Waals surface area contributed by atoms with Crippen LogP contribution in [-0.4, -0.2) is 71.9 Å². The second kappa shape index (κ2) is 11.5. The molecule has 2 aliphatic rings. The standard InChI is InChI=1S/C26H36N4O3/c1-28-15-17-29(18-16-28)20-26(31)30(32)19-21-7-9-22(10-8-21)27-23-11-13-25(14-12-23)33-24-5-3-2-4-6-24/h7-14,24,27,32H,2-6,15-20H2,1H3. The summed E-state index contributed by atoms with van der Waals surface area (Å²) in [5.74, 6) is 0.657. The third kappa shape index (κ3) is 7.19. The lowest BCUT2D eigenvalue weighted by Crippen LogP contribution is -2.48. The number of hydrogen-bond donors (Lipinski definition) is 2. The molecular formula is C26H36N4O3. The Labute approximate surface area is 196 Å². The lowest BCUT2D eigenvalue weighted by atomic mass is 9.98. The summed E-state index contributed by atoms with van der Waals surface area (Å²) in [5, 5.41) is 14.4. The summed E-state index contributed by atoms with van der Waals surface area (Å²) in [6.45, 7) is 4.03. The number of amides is 1. The molecule has 0 radical (unpaired) electrons. The molecule has 0 aromatic heterocycles. The Morgan fingerprint density at radius 2 is 1.58 bits per heavy atom. The molecule has 1 amide bonds. The van der Waals surface area contributed by atoms with Crippen molar-refractivity contribution in [3.8, 4) is 5.75 Å². The quantitative estimate of drug-likeness (QED) is 0.464. The summed E-state index contributed by atoms with van der Waals surface area (Å²) in [6.07, 6.45) is 6.50. The maximum Gasteiger partial charge on any atom is 0.260 e. The number of nitrogens with one attached hydrogen (secondary N) is 1. The van der Waals surface area contributed by atoms with E-state index in [0.717, 1.165) is 66.8 Å². The van der Waals surface area contributed by atoms with Crippen LogP contribution < -0.4 is 10.1 Å². The first-order valence-corrected chi connectivity index (χ1v) is 12.1. The van der Waals surface area contributed by atoms with Gasteiger partial charge in [-0.15, -0.1) is 0 Å². The van der Waals surface area contributed by atoms with Gasteiger partial charge >= 0.3 is 0 Å². The molecule has 7 nitrogen and oxygen atoms in total. The Hall–Kier alpha value is -2.61. The number of rotatable bonds is 8. The molecule has 178 valence electrons. The van der Waals surface area contributed by atoms with Gasteiger partial charge in [0.25, 0.3) is 5.91 Å². The molecule has 2 fully saturated rings. The molecule has 0 atom stereocenters. The van der Waals surface area contributed by atoms with E-state index in [1.165, 1.54) is 19.3 Å². The average molecular weight is 453 g/mol. The van der Waals surface area contributed by atoms with Gasteiger partial charge in [0.15, 0.2) is 0 Å². The van der Waals surface area contributed by atoms with Gasteiger partial charge in [-0.05, 0) is 74.7 Å². The van der Waals surface area contributed by atoms with Crippen LogP contribution in [0.15, 0.2) is 48.5 Å². The molecule has 1 aliphatic heterocycles. The molecule has 1 saturated heterocycles. The van der Waals surface area contributed by atoms with Crippen LogP contribution in [0.3, 0.4) is 0 Å². The Kier molecular flexibility index (Phi) is 8.20. The van der Waals surface area contributed by atoms with Gasteiger partial charge in [0.1, 0.15) is 5.75 Å². The maximum absolute atomic E-state index is 12.4. The van der Waals surface area contributed by atoms with E-state index in [2.05, 4.69) is 22.2 Å². The van der Waals surface area contributed by atoms with Crippen molar-refractivity contribution < 1.29 is 14.7 Å². The third-order valence-corrected chi connectivity index (χ3v) is 6.53. The van der Waals surface area contributed by atoms with Crippen LogP contribution in [0.2, 0.25) is 0 Å². The fraction of sp³-hybridized carbons (Fsp3) is 0.500. The summed E-state index contributed by atoms with van der Waals surface area (Å²) in [6, 6.07) is 15.9. The number of piperazine rings is 1. The fourth-order valence-electron chi connectivity index (χ4n) is 4.39. The lowest BCUT2D eigenvalue weighted by molar-refractivity contribution is -0.169. The highest BCUT2D eigenvalue weighted by atomic mass is 16.5. The molecule has 0 spiro atoms. The van der Waals surface area contributed by atoms with Crippen molar-refractivity contribution in [3.63, 3.8) is 0 Å². The van der Waals surface area contributed by atoms with Crippen LogP contribution in [-0.2, 0) is 11.3 Å². The van der Waals surface area contributed by atoms with Crippen LogP contribution >= 0.6 is 0 Å². The number of carbonyl (C=O) groups excluding carboxylic acids is 1. The number of nitrogens with zero attached hydrogens (tertiary/aromatic N) is 3. The van der Waals surface area contributed by atoms with E-state index in [9.17, 15) is 10.0 Å². The predicted octanol–water partition coefficient (Wildman–Crippen LogP) is 4.11. The van der Waals surface area contributed by atoms with Crippen molar-refractivity contribution in [1.82, 2.24) is 14.9 Å². The second-order valence-corrected chi connectivity index (χ2v) is 9.25. The van der Waals surface area contributed by atoms with Gasteiger partial charge in [-0.3, -0.25) is 14.9 Å². The number of benzene rings is 2. The van der Waals surface area contributed by atoms with E-state index >= 15 is 0 Å². The molecule has 4 rings (SSSR count). The molecule has 0 unspecified atom stereocenters. The van der Waals surface area contributed by atoms with E-state index in [1.54, 1.807) is 0 Å². The van der Waals surface area contributed by atoms with Crippen LogP contribution in [0.1, 0.15) is 37.7 Å². The van der Waals surface area contributed by atoms with E-state index in [-0.39, 0.29) is 19.0 Å². The molecule has 7 heteroatoms. The van der Waals surface area contributed by atoms with Gasteiger partial charge in [-0.1, -0.05) is 18.6 Å². The lowest BCUT2D eigenvalue weighted by Gasteiger charge is -2.32. The topological polar surface area (TPSA) is 68.3 Å². The minimum Gasteiger partial charge on any atom is -0.490 e. The van der Waals surface area contributed by atoms with E-state index in [4.69, 9.17) is 4.74 Å². The van der Waals surface area contributed by atoms with Crippen molar-refractivity contribution in [1.29, 1.82) is 0 Å². The average Bonchev–Trinajstić information content (AvgIpc) is 2.83. The van der Waals surface area contributed by atoms with Gasteiger partial charge in [0.05, 0.1) is 19.2 Å². The maximum atomic E-state index is 12.4. The molecule has 1 saturated carbocycles. The summed E-state index contributed by atoms with van der Waals surface area (Å²) < 4.78 is 6.10. The van der Waals surface area contributed by atoms with Crippen molar-refractivity contribution in [2.24, 2.45) is 0 Å². The molecule has 2 N–H and O–H groups in total. The zero-order valence-corrected chi connectivity index (χ0v) is 19.6. The first-order valence-electron chi connectivity index (χ1n) is 12.1. The summed E-state index contributed by atoms with van der Waals surface area (Å²) in [7, 11) is 2.08. The summed E-state index contributed by atoms with van der Waals surface area (Å²) in [5.41, 5.74) is 2.82. The largest absolute Gasteiger partial charge is 0.490 e. The van der Waals surface area contributed by atoms with Crippen molar-refractivity contribution in [2.75, 3.05) is 45.1 Å². The van der Waals surface area contributed by atoms with Gasteiger partial charge in [0.2, 0.25) is 0 Å². The number of likely N-dealkylation sites (N-methyl/N-ethyl adjacent to an activating group) is 1. The van der Waals surface area contributed by atoms with Crippen LogP contribution in [0, 0.1) is 0 Å². The normalized spacial score (nSPS) is 18.1. The monoisotopic (exact) mass is 452 g/mol. The first kappa shape index (κ1) is 23.5. The Bertz CT molecular complexity index is 873. The number of ether oxygens (including phenoxy) is 1. The third-order valence-electron chi connectivity index (χ3n) is 6.53. The predicted molar refractivity (Wildman–Crippen MR) is 130 cm³/mol. The summed E-state index contributed by atoms with van der Waals surface area (Å²) >= 11 is 0. The minimum absolute atomic E-state index is 0.181. The summed E-state index contributed by atoms with van der Waals surface area (Å²) in [4.78, 5) is 16.7. The number of carbonyl (C=O) groups is 1. The second-order valence-electron chi connectivity index (χ2n) is 9.25.